The molecule has 0 spiro atoms. The lowest BCUT2D eigenvalue weighted by atomic mass is 10.2. The number of urea groups is 2. The summed E-state index contributed by atoms with van der Waals surface area (Å²) in [4.78, 5) is 51.3. The molecule has 0 N–H and O–H groups in total. The molecule has 4 amide bonds. The van der Waals surface area contributed by atoms with Crippen molar-refractivity contribution < 1.29 is 37.8 Å². The van der Waals surface area contributed by atoms with Gasteiger partial charge in [-0.15, -0.1) is 12.6 Å². The second-order valence-electron chi connectivity index (χ2n) is 6.38. The van der Waals surface area contributed by atoms with Crippen LogP contribution in [0.15, 0.2) is 12.1 Å². The molecule has 1 atom stereocenters. The minimum absolute atomic E-state index is 0.128. The van der Waals surface area contributed by atoms with Gasteiger partial charge >= 0.3 is 24.0 Å². The number of benzene rings is 1. The van der Waals surface area contributed by atoms with E-state index in [0.717, 1.165) is 21.9 Å². The number of esters is 2. The van der Waals surface area contributed by atoms with Gasteiger partial charge in [-0.25, -0.2) is 28.5 Å². The van der Waals surface area contributed by atoms with Gasteiger partial charge in [-0.1, -0.05) is 11.6 Å². The van der Waals surface area contributed by atoms with Crippen molar-refractivity contribution >= 4 is 53.9 Å². The lowest BCUT2D eigenvalue weighted by molar-refractivity contribution is -0.162. The van der Waals surface area contributed by atoms with E-state index < -0.39 is 53.7 Å². The zero-order valence-corrected chi connectivity index (χ0v) is 18.8. The van der Waals surface area contributed by atoms with E-state index in [1.165, 1.54) is 21.0 Å². The number of nitrogens with zero attached hydrogens (tertiary/aromatic N) is 3. The Morgan fingerprint density at radius 3 is 2.32 bits per heavy atom. The summed E-state index contributed by atoms with van der Waals surface area (Å²) in [6.45, 7) is 2.44. The fourth-order valence-electron chi connectivity index (χ4n) is 2.53. The van der Waals surface area contributed by atoms with E-state index in [4.69, 9.17) is 21.1 Å². The number of rotatable bonds is 7. The third kappa shape index (κ3) is 5.31. The summed E-state index contributed by atoms with van der Waals surface area (Å²) in [5.74, 6) is -2.78. The van der Waals surface area contributed by atoms with Crippen molar-refractivity contribution in [2.24, 2.45) is 0 Å². The lowest BCUT2D eigenvalue weighted by Crippen LogP contribution is -2.62. The first-order valence-corrected chi connectivity index (χ1v) is 9.88. The third-order valence-electron chi connectivity index (χ3n) is 4.19. The zero-order valence-electron chi connectivity index (χ0n) is 17.1. The molecule has 1 aromatic carbocycles. The van der Waals surface area contributed by atoms with Gasteiger partial charge in [0.25, 0.3) is 0 Å². The fourth-order valence-corrected chi connectivity index (χ4v) is 2.92. The molecule has 2 rings (SSSR count). The second-order valence-corrected chi connectivity index (χ2v) is 7.24. The van der Waals surface area contributed by atoms with Crippen molar-refractivity contribution in [3.05, 3.63) is 23.0 Å². The highest BCUT2D eigenvalue weighted by atomic mass is 35.5. The molecule has 0 bridgehead atoms. The van der Waals surface area contributed by atoms with Crippen LogP contribution in [0.1, 0.15) is 13.8 Å². The maximum Gasteiger partial charge on any atom is 0.347 e. The average Bonchev–Trinajstić information content (AvgIpc) is 2.72. The summed E-state index contributed by atoms with van der Waals surface area (Å²) in [5.41, 5.74) is -1.27. The van der Waals surface area contributed by atoms with Gasteiger partial charge in [0.15, 0.2) is 18.2 Å². The van der Waals surface area contributed by atoms with Crippen molar-refractivity contribution in [1.29, 1.82) is 0 Å². The monoisotopic (exact) mass is 477 g/mol. The van der Waals surface area contributed by atoms with E-state index >= 15 is 0 Å². The predicted molar refractivity (Wildman–Crippen MR) is 111 cm³/mol. The van der Waals surface area contributed by atoms with Crippen LogP contribution in [-0.2, 0) is 19.1 Å². The molecule has 10 nitrogen and oxygen atoms in total. The van der Waals surface area contributed by atoms with Gasteiger partial charge in [0.2, 0.25) is 0 Å². The van der Waals surface area contributed by atoms with Crippen molar-refractivity contribution in [1.82, 2.24) is 9.80 Å². The highest BCUT2D eigenvalue weighted by Gasteiger charge is 2.41. The van der Waals surface area contributed by atoms with E-state index in [1.54, 1.807) is 6.92 Å². The summed E-state index contributed by atoms with van der Waals surface area (Å²) in [5, 5.41) is -0.211. The molecule has 13 heteroatoms. The number of anilines is 1. The third-order valence-corrected chi connectivity index (χ3v) is 5.18. The fraction of sp³-hybridized carbons (Fsp3) is 0.444. The Morgan fingerprint density at radius 2 is 1.77 bits per heavy atom. The number of thiol groups is 1. The molecule has 1 aliphatic heterocycles. The van der Waals surface area contributed by atoms with E-state index in [2.05, 4.69) is 17.4 Å². The number of carbonyl (C=O) groups is 4. The van der Waals surface area contributed by atoms with Crippen LogP contribution in [0, 0.1) is 5.82 Å². The molecule has 1 unspecified atom stereocenters. The number of amides is 4. The molecule has 170 valence electrons. The van der Waals surface area contributed by atoms with Gasteiger partial charge < -0.3 is 14.2 Å². The molecule has 1 heterocycles. The number of imide groups is 1. The Kier molecular flexibility index (Phi) is 7.96. The molecule has 1 aromatic rings. The first kappa shape index (κ1) is 24.5. The maximum atomic E-state index is 14.6. The number of hydrogen-bond donors (Lipinski definition) is 1. The minimum Gasteiger partial charge on any atom is -0.477 e. The van der Waals surface area contributed by atoms with Gasteiger partial charge in [0.05, 0.1) is 17.3 Å². The van der Waals surface area contributed by atoms with E-state index in [-0.39, 0.29) is 17.4 Å². The molecule has 0 saturated carbocycles. The van der Waals surface area contributed by atoms with Crippen LogP contribution >= 0.6 is 24.2 Å². The predicted octanol–water partition coefficient (Wildman–Crippen LogP) is 2.49. The van der Waals surface area contributed by atoms with Crippen LogP contribution < -0.4 is 9.64 Å². The van der Waals surface area contributed by atoms with Crippen molar-refractivity contribution in [2.75, 3.05) is 32.2 Å². The highest BCUT2D eigenvalue weighted by molar-refractivity contribution is 7.80. The quantitative estimate of drug-likeness (QED) is 0.475. The van der Waals surface area contributed by atoms with Gasteiger partial charge in [-0.05, 0) is 19.9 Å². The summed E-state index contributed by atoms with van der Waals surface area (Å²) in [6.07, 6.45) is -1.25. The van der Waals surface area contributed by atoms with E-state index in [1.807, 2.05) is 0 Å². The average molecular weight is 478 g/mol. The standard InChI is InChI=1S/C18H21ClFN3O7S/c1-5-28-14(24)8-29-15(25)9(2)30-13-7-12(11(20)6-10(13)19)23-16(26)21(3)18(31)22(4)17(23)27/h6-7,9,18,31H,5,8H2,1-4H3. The SMILES string of the molecule is CCOC(=O)COC(=O)C(C)Oc1cc(N2C(=O)N(C)C(S)N(C)C2=O)c(F)cc1Cl. The topological polar surface area (TPSA) is 106 Å². The molecule has 0 aliphatic carbocycles. The Morgan fingerprint density at radius 1 is 1.19 bits per heavy atom. The van der Waals surface area contributed by atoms with Gasteiger partial charge in [-0.3, -0.25) is 9.80 Å². The highest BCUT2D eigenvalue weighted by Crippen LogP contribution is 2.35. The summed E-state index contributed by atoms with van der Waals surface area (Å²) < 4.78 is 29.4. The van der Waals surface area contributed by atoms with Gasteiger partial charge in [-0.2, -0.15) is 0 Å². The van der Waals surface area contributed by atoms with E-state index in [9.17, 15) is 23.6 Å². The first-order chi connectivity index (χ1) is 14.5. The van der Waals surface area contributed by atoms with Crippen molar-refractivity contribution in [3.8, 4) is 5.75 Å². The van der Waals surface area contributed by atoms with Crippen LogP contribution in [0.4, 0.5) is 19.7 Å². The zero-order chi connectivity index (χ0) is 23.5. The van der Waals surface area contributed by atoms with Crippen molar-refractivity contribution in [2.45, 2.75) is 25.4 Å². The number of halogens is 2. The molecule has 1 aliphatic rings. The van der Waals surface area contributed by atoms with Crippen LogP contribution in [-0.4, -0.2) is 72.7 Å². The number of hydrogen-bond acceptors (Lipinski definition) is 8. The smallest absolute Gasteiger partial charge is 0.347 e. The summed E-state index contributed by atoms with van der Waals surface area (Å²) >= 11 is 10.2. The number of ether oxygens (including phenoxy) is 3. The molecule has 1 fully saturated rings. The molecule has 0 radical (unpaired) electrons. The Bertz CT molecular complexity index is 881. The van der Waals surface area contributed by atoms with Crippen LogP contribution in [0.2, 0.25) is 5.02 Å². The maximum absolute atomic E-state index is 14.6. The molecular formula is C18H21ClFN3O7S. The van der Waals surface area contributed by atoms with Gasteiger partial charge in [0, 0.05) is 20.2 Å². The summed E-state index contributed by atoms with van der Waals surface area (Å²) in [6, 6.07) is 0.216. The largest absolute Gasteiger partial charge is 0.477 e. The summed E-state index contributed by atoms with van der Waals surface area (Å²) in [7, 11) is 2.78. The normalized spacial score (nSPS) is 15.8. The Balaban J connectivity index is 2.25. The van der Waals surface area contributed by atoms with Crippen molar-refractivity contribution in [3.63, 3.8) is 0 Å². The Hall–Kier alpha value is -2.73. The lowest BCUT2D eigenvalue weighted by Gasteiger charge is -2.41. The Labute approximate surface area is 188 Å². The molecular weight excluding hydrogens is 457 g/mol. The van der Waals surface area contributed by atoms with E-state index in [0.29, 0.717) is 4.90 Å². The molecule has 1 saturated heterocycles. The minimum atomic E-state index is -1.25. The van der Waals surface area contributed by atoms with Crippen LogP contribution in [0.25, 0.3) is 0 Å². The van der Waals surface area contributed by atoms with Gasteiger partial charge in [0.1, 0.15) is 11.6 Å². The second kappa shape index (κ2) is 10.1. The first-order valence-electron chi connectivity index (χ1n) is 8.99. The molecule has 31 heavy (non-hydrogen) atoms. The van der Waals surface area contributed by atoms with Crippen LogP contribution in [0.5, 0.6) is 5.75 Å². The molecule has 0 aromatic heterocycles. The van der Waals surface area contributed by atoms with Crippen LogP contribution in [0.3, 0.4) is 0 Å². The number of carbonyl (C=O) groups excluding carboxylic acids is 4.